The van der Waals surface area contributed by atoms with Gasteiger partial charge in [0.2, 0.25) is 0 Å². The number of rotatable bonds is 0. The molecule has 0 saturated heterocycles. The normalized spacial score (nSPS) is 15.2. The summed E-state index contributed by atoms with van der Waals surface area (Å²) in [7, 11) is 4.18. The van der Waals surface area contributed by atoms with Crippen molar-refractivity contribution in [1.82, 2.24) is 0 Å². The van der Waals surface area contributed by atoms with Crippen molar-refractivity contribution in [2.45, 2.75) is 52.4 Å². The fourth-order valence-corrected chi connectivity index (χ4v) is 8.46. The van der Waals surface area contributed by atoms with Crippen LogP contribution in [-0.2, 0) is 10.8 Å². The summed E-state index contributed by atoms with van der Waals surface area (Å²) in [6.45, 7) is 14.0. The van der Waals surface area contributed by atoms with Gasteiger partial charge in [0.1, 0.15) is 0 Å². The summed E-state index contributed by atoms with van der Waals surface area (Å²) in [6.07, 6.45) is 0. The molecule has 3 heteroatoms. The van der Waals surface area contributed by atoms with Crippen LogP contribution in [0.2, 0.25) is 0 Å². The molecule has 0 aliphatic heterocycles. The summed E-state index contributed by atoms with van der Waals surface area (Å²) < 4.78 is 0. The molecule has 1 heterocycles. The predicted molar refractivity (Wildman–Crippen MR) is 68.4 cm³/mol. The first-order valence-corrected chi connectivity index (χ1v) is 8.27. The molecule has 13 heavy (non-hydrogen) atoms. The topological polar surface area (TPSA) is 0 Å². The van der Waals surface area contributed by atoms with Crippen molar-refractivity contribution in [1.29, 1.82) is 0 Å². The summed E-state index contributed by atoms with van der Waals surface area (Å²) in [5.41, 5.74) is 0.823. The minimum Gasteiger partial charge on any atom is -0.101 e. The molecule has 0 bridgehead atoms. The van der Waals surface area contributed by atoms with Gasteiger partial charge in [-0.3, -0.25) is 0 Å². The molecule has 0 aliphatic rings. The summed E-state index contributed by atoms with van der Waals surface area (Å²) in [5, 5.41) is 3.44. The second-order valence-electron chi connectivity index (χ2n) is 5.51. The van der Waals surface area contributed by atoms with Crippen molar-refractivity contribution in [2.75, 3.05) is 0 Å². The van der Waals surface area contributed by atoms with E-state index in [9.17, 15) is 0 Å². The van der Waals surface area contributed by atoms with E-state index in [1.54, 1.807) is 26.1 Å². The second-order valence-corrected chi connectivity index (χ2v) is 10.1. The molecule has 0 saturated carbocycles. The van der Waals surface area contributed by atoms with Gasteiger partial charge in [-0.25, -0.2) is 0 Å². The highest BCUT2D eigenvalue weighted by Gasteiger charge is 2.21. The standard InChI is InChI=1S/C10H19P3/c1-9(2,3)7-11-8(13-12-7)10(4,5)6/h12H,1-6H3. The molecular weight excluding hydrogens is 213 g/mol. The molecule has 0 nitrogen and oxygen atoms in total. The van der Waals surface area contributed by atoms with Gasteiger partial charge in [0.15, 0.2) is 0 Å². The summed E-state index contributed by atoms with van der Waals surface area (Å²) in [4.78, 5) is 0. The molecule has 0 aliphatic carbocycles. The zero-order valence-corrected chi connectivity index (χ0v) is 12.2. The SMILES string of the molecule is CC(C)(C)c1p[pH]c(C(C)(C)C)p1. The largest absolute Gasteiger partial charge is 0.101 e. The Kier molecular flexibility index (Phi) is 3.30. The van der Waals surface area contributed by atoms with Gasteiger partial charge in [-0.2, -0.15) is 0 Å². The van der Waals surface area contributed by atoms with Gasteiger partial charge in [0.25, 0.3) is 0 Å². The van der Waals surface area contributed by atoms with Crippen LogP contribution in [0.4, 0.5) is 0 Å². The lowest BCUT2D eigenvalue weighted by Gasteiger charge is -2.17. The van der Waals surface area contributed by atoms with Crippen LogP contribution in [0.25, 0.3) is 0 Å². The van der Waals surface area contributed by atoms with Crippen LogP contribution in [-0.4, -0.2) is 0 Å². The van der Waals surface area contributed by atoms with E-state index in [0.29, 0.717) is 10.8 Å². The fraction of sp³-hybridized carbons (Fsp3) is 0.800. The van der Waals surface area contributed by atoms with Gasteiger partial charge in [0.05, 0.1) is 0 Å². The smallest absolute Gasteiger partial charge is 0.0163 e. The van der Waals surface area contributed by atoms with E-state index in [1.807, 2.05) is 0 Å². The molecular formula is C10H19P3. The van der Waals surface area contributed by atoms with E-state index in [-0.39, 0.29) is 0 Å². The van der Waals surface area contributed by atoms with Crippen molar-refractivity contribution in [3.05, 3.63) is 10.1 Å². The molecule has 1 unspecified atom stereocenters. The highest BCUT2D eigenvalue weighted by molar-refractivity contribution is 7.96. The van der Waals surface area contributed by atoms with Crippen molar-refractivity contribution in [3.8, 4) is 0 Å². The highest BCUT2D eigenvalue weighted by Crippen LogP contribution is 2.51. The van der Waals surface area contributed by atoms with Crippen LogP contribution in [0.3, 0.4) is 0 Å². The average molecular weight is 232 g/mol. The molecule has 0 spiro atoms. The van der Waals surface area contributed by atoms with Crippen molar-refractivity contribution >= 4 is 23.9 Å². The molecule has 1 atom stereocenters. The lowest BCUT2D eigenvalue weighted by molar-refractivity contribution is 0.610. The van der Waals surface area contributed by atoms with E-state index < -0.39 is 0 Å². The van der Waals surface area contributed by atoms with Crippen LogP contribution in [0.1, 0.15) is 51.6 Å². The average Bonchev–Trinajstić information content (AvgIpc) is 2.28. The van der Waals surface area contributed by atoms with Crippen molar-refractivity contribution in [3.63, 3.8) is 0 Å². The molecule has 1 aromatic heterocycles. The Morgan fingerprint density at radius 1 is 0.923 bits per heavy atom. The Bertz CT molecular complexity index is 257. The van der Waals surface area contributed by atoms with Gasteiger partial charge in [-0.05, 0) is 18.7 Å². The van der Waals surface area contributed by atoms with Gasteiger partial charge in [-0.15, -0.1) is 7.87 Å². The molecule has 1 aromatic rings. The lowest BCUT2D eigenvalue weighted by Crippen LogP contribution is -2.08. The van der Waals surface area contributed by atoms with Crippen LogP contribution < -0.4 is 0 Å². The van der Waals surface area contributed by atoms with E-state index in [4.69, 9.17) is 0 Å². The monoisotopic (exact) mass is 232 g/mol. The van der Waals surface area contributed by atoms with E-state index in [1.165, 1.54) is 0 Å². The molecule has 0 aromatic carbocycles. The van der Waals surface area contributed by atoms with E-state index in [0.717, 1.165) is 7.87 Å². The molecule has 0 N–H and O–H groups in total. The van der Waals surface area contributed by atoms with Crippen LogP contribution >= 0.6 is 23.9 Å². The Labute approximate surface area is 86.7 Å². The summed E-state index contributed by atoms with van der Waals surface area (Å²) >= 11 is 0. The fourth-order valence-electron chi connectivity index (χ4n) is 0.933. The van der Waals surface area contributed by atoms with Gasteiger partial charge in [0, 0.05) is 10.1 Å². The minimum absolute atomic E-state index is 0.406. The number of hydrogen-bond donors (Lipinski definition) is 0. The Morgan fingerprint density at radius 2 is 1.46 bits per heavy atom. The lowest BCUT2D eigenvalue weighted by atomic mass is 10.0. The van der Waals surface area contributed by atoms with E-state index in [2.05, 4.69) is 41.5 Å². The molecule has 0 amide bonds. The maximum absolute atomic E-state index is 2.34. The quantitative estimate of drug-likeness (QED) is 0.556. The zero-order chi connectivity index (χ0) is 10.3. The first kappa shape index (κ1) is 11.7. The van der Waals surface area contributed by atoms with Crippen LogP contribution in [0.15, 0.2) is 0 Å². The maximum atomic E-state index is 2.34. The third kappa shape index (κ3) is 3.06. The molecule has 74 valence electrons. The predicted octanol–water partition coefficient (Wildman–Crippen LogP) is 5.47. The van der Waals surface area contributed by atoms with Crippen LogP contribution in [0.5, 0.6) is 0 Å². The summed E-state index contributed by atoms with van der Waals surface area (Å²) in [5.74, 6) is 0. The second kappa shape index (κ2) is 3.66. The van der Waals surface area contributed by atoms with Gasteiger partial charge >= 0.3 is 0 Å². The third-order valence-corrected chi connectivity index (χ3v) is 9.64. The molecule has 0 radical (unpaired) electrons. The van der Waals surface area contributed by atoms with Gasteiger partial charge in [-0.1, -0.05) is 49.7 Å². The Morgan fingerprint density at radius 3 is 1.69 bits per heavy atom. The first-order chi connectivity index (χ1) is 5.71. The third-order valence-electron chi connectivity index (χ3n) is 1.87. The Balaban J connectivity index is 3.01. The highest BCUT2D eigenvalue weighted by atomic mass is 31.8. The Hall–Kier alpha value is 0.640. The molecule has 1 rings (SSSR count). The summed E-state index contributed by atoms with van der Waals surface area (Å²) in [6, 6.07) is 0. The van der Waals surface area contributed by atoms with Crippen molar-refractivity contribution in [2.24, 2.45) is 0 Å². The van der Waals surface area contributed by atoms with Crippen LogP contribution in [0, 0.1) is 0 Å². The zero-order valence-electron chi connectivity index (χ0n) is 9.39. The molecule has 0 fully saturated rings. The van der Waals surface area contributed by atoms with Gasteiger partial charge < -0.3 is 0 Å². The van der Waals surface area contributed by atoms with E-state index >= 15 is 0 Å². The maximum Gasteiger partial charge on any atom is 0.0163 e. The van der Waals surface area contributed by atoms with Crippen molar-refractivity contribution < 1.29 is 0 Å². The minimum atomic E-state index is 0.406. The first-order valence-electron chi connectivity index (χ1n) is 4.64. The number of hydrogen-bond acceptors (Lipinski definition) is 0.